The highest BCUT2D eigenvalue weighted by Gasteiger charge is 2.23. The molecule has 0 bridgehead atoms. The molecule has 1 aromatic carbocycles. The molecule has 0 saturated heterocycles. The second-order valence-electron chi connectivity index (χ2n) is 3.79. The van der Waals surface area contributed by atoms with E-state index in [4.69, 9.17) is 4.42 Å². The molecule has 0 aliphatic heterocycles. The molecule has 1 amide bonds. The minimum Gasteiger partial charge on any atom is -0.479 e. The van der Waals surface area contributed by atoms with Gasteiger partial charge in [0.05, 0.1) is 5.56 Å². The summed E-state index contributed by atoms with van der Waals surface area (Å²) >= 11 is 3.08. The molecule has 0 fully saturated rings. The average molecular weight is 324 g/mol. The number of hydrogen-bond donors (Lipinski definition) is 2. The van der Waals surface area contributed by atoms with Crippen LogP contribution in [0.3, 0.4) is 0 Å². The predicted octanol–water partition coefficient (Wildman–Crippen LogP) is 2.60. The van der Waals surface area contributed by atoms with Crippen molar-refractivity contribution in [2.24, 2.45) is 0 Å². The van der Waals surface area contributed by atoms with Crippen LogP contribution in [0.15, 0.2) is 51.7 Å². The summed E-state index contributed by atoms with van der Waals surface area (Å²) in [4.78, 5) is 23.1. The Morgan fingerprint density at radius 2 is 1.95 bits per heavy atom. The lowest BCUT2D eigenvalue weighted by atomic mass is 10.1. The lowest BCUT2D eigenvalue weighted by Crippen LogP contribution is -2.33. The molecule has 0 aliphatic carbocycles. The zero-order valence-electron chi connectivity index (χ0n) is 9.67. The van der Waals surface area contributed by atoms with E-state index in [-0.39, 0.29) is 5.56 Å². The Balaban J connectivity index is 2.18. The molecule has 98 valence electrons. The number of carbonyl (C=O) groups is 2. The van der Waals surface area contributed by atoms with Crippen molar-refractivity contribution in [1.82, 2.24) is 5.32 Å². The van der Waals surface area contributed by atoms with E-state index in [9.17, 15) is 14.7 Å². The lowest BCUT2D eigenvalue weighted by molar-refractivity contribution is -0.139. The van der Waals surface area contributed by atoms with E-state index in [1.165, 1.54) is 12.3 Å². The van der Waals surface area contributed by atoms with Crippen LogP contribution in [0.1, 0.15) is 22.0 Å². The molecule has 2 aromatic rings. The Hall–Kier alpha value is -2.08. The van der Waals surface area contributed by atoms with Crippen LogP contribution in [0.25, 0.3) is 0 Å². The van der Waals surface area contributed by atoms with Crippen LogP contribution in [-0.4, -0.2) is 17.0 Å². The molecule has 6 heteroatoms. The number of amides is 1. The van der Waals surface area contributed by atoms with Gasteiger partial charge in [-0.3, -0.25) is 4.79 Å². The van der Waals surface area contributed by atoms with Gasteiger partial charge in [0.2, 0.25) is 0 Å². The van der Waals surface area contributed by atoms with Gasteiger partial charge in [-0.05, 0) is 21.5 Å². The highest BCUT2D eigenvalue weighted by molar-refractivity contribution is 9.10. The highest BCUT2D eigenvalue weighted by Crippen LogP contribution is 2.17. The van der Waals surface area contributed by atoms with Crippen molar-refractivity contribution >= 4 is 27.8 Å². The Bertz CT molecular complexity index is 594. The van der Waals surface area contributed by atoms with Crippen LogP contribution in [0, 0.1) is 0 Å². The van der Waals surface area contributed by atoms with E-state index in [0.29, 0.717) is 10.2 Å². The molecule has 0 spiro atoms. The molecular weight excluding hydrogens is 314 g/mol. The van der Waals surface area contributed by atoms with Crippen molar-refractivity contribution in [2.45, 2.75) is 6.04 Å². The number of nitrogens with one attached hydrogen (secondary N) is 1. The van der Waals surface area contributed by atoms with Crippen LogP contribution < -0.4 is 5.32 Å². The summed E-state index contributed by atoms with van der Waals surface area (Å²) in [5, 5.41) is 11.6. The molecule has 2 rings (SSSR count). The van der Waals surface area contributed by atoms with Gasteiger partial charge in [-0.15, -0.1) is 0 Å². The zero-order chi connectivity index (χ0) is 13.8. The van der Waals surface area contributed by atoms with Crippen molar-refractivity contribution in [1.29, 1.82) is 0 Å². The number of benzene rings is 1. The molecule has 0 unspecified atom stereocenters. The van der Waals surface area contributed by atoms with Crippen molar-refractivity contribution in [2.75, 3.05) is 0 Å². The van der Waals surface area contributed by atoms with Crippen molar-refractivity contribution in [3.63, 3.8) is 0 Å². The first kappa shape index (κ1) is 13.4. The van der Waals surface area contributed by atoms with Crippen LogP contribution in [-0.2, 0) is 4.79 Å². The molecule has 19 heavy (non-hydrogen) atoms. The van der Waals surface area contributed by atoms with Gasteiger partial charge < -0.3 is 14.8 Å². The minimum absolute atomic E-state index is 0.258. The first-order valence-corrected chi connectivity index (χ1v) is 6.20. The van der Waals surface area contributed by atoms with E-state index >= 15 is 0 Å². The number of halogens is 1. The van der Waals surface area contributed by atoms with Gasteiger partial charge in [0.1, 0.15) is 6.26 Å². The van der Waals surface area contributed by atoms with Gasteiger partial charge in [0.25, 0.3) is 5.91 Å². The van der Waals surface area contributed by atoms with Crippen LogP contribution in [0.5, 0.6) is 0 Å². The molecule has 0 radical (unpaired) electrons. The Morgan fingerprint density at radius 3 is 2.47 bits per heavy atom. The van der Waals surface area contributed by atoms with Crippen LogP contribution in [0.2, 0.25) is 0 Å². The second-order valence-corrected chi connectivity index (χ2v) is 4.58. The van der Waals surface area contributed by atoms with Gasteiger partial charge >= 0.3 is 5.97 Å². The largest absolute Gasteiger partial charge is 0.479 e. The number of carbonyl (C=O) groups excluding carboxylic acids is 1. The zero-order valence-corrected chi connectivity index (χ0v) is 11.3. The first-order valence-electron chi connectivity index (χ1n) is 5.40. The van der Waals surface area contributed by atoms with Crippen molar-refractivity contribution in [3.8, 4) is 0 Å². The van der Waals surface area contributed by atoms with Gasteiger partial charge in [-0.2, -0.15) is 0 Å². The molecule has 1 atom stereocenters. The molecule has 0 aliphatic rings. The maximum atomic E-state index is 11.9. The average Bonchev–Trinajstić information content (AvgIpc) is 2.83. The third-order valence-corrected chi connectivity index (χ3v) is 2.90. The predicted molar refractivity (Wildman–Crippen MR) is 70.7 cm³/mol. The summed E-state index contributed by atoms with van der Waals surface area (Å²) in [6.07, 6.45) is 1.25. The third kappa shape index (κ3) is 3.23. The fraction of sp³-hybridized carbons (Fsp3) is 0.0769. The van der Waals surface area contributed by atoms with E-state index in [0.717, 1.165) is 0 Å². The fourth-order valence-electron chi connectivity index (χ4n) is 1.58. The summed E-state index contributed by atoms with van der Waals surface area (Å²) in [6.45, 7) is 0. The number of aliphatic carboxylic acids is 1. The van der Waals surface area contributed by atoms with E-state index in [1.807, 2.05) is 0 Å². The molecule has 2 N–H and O–H groups in total. The van der Waals surface area contributed by atoms with Crippen LogP contribution >= 0.6 is 15.9 Å². The quantitative estimate of drug-likeness (QED) is 0.906. The maximum Gasteiger partial charge on any atom is 0.330 e. The monoisotopic (exact) mass is 323 g/mol. The normalized spacial score (nSPS) is 11.8. The van der Waals surface area contributed by atoms with E-state index < -0.39 is 17.9 Å². The summed E-state index contributed by atoms with van der Waals surface area (Å²) in [6, 6.07) is 8.87. The summed E-state index contributed by atoms with van der Waals surface area (Å²) in [5.74, 6) is -1.63. The first-order chi connectivity index (χ1) is 9.08. The van der Waals surface area contributed by atoms with E-state index in [1.54, 1.807) is 30.3 Å². The Morgan fingerprint density at radius 1 is 1.26 bits per heavy atom. The third-order valence-electron chi connectivity index (χ3n) is 2.48. The van der Waals surface area contributed by atoms with E-state index in [2.05, 4.69) is 21.2 Å². The van der Waals surface area contributed by atoms with Crippen molar-refractivity contribution in [3.05, 3.63) is 58.5 Å². The van der Waals surface area contributed by atoms with Crippen LogP contribution in [0.4, 0.5) is 0 Å². The molecule has 1 aromatic heterocycles. The minimum atomic E-state index is -1.12. The number of carboxylic acid groups (broad SMARTS) is 1. The number of carboxylic acids is 1. The standard InChI is InChI=1S/C13H10BrNO4/c14-10-6-9(7-19-10)12(16)15-11(13(17)18)8-4-2-1-3-5-8/h1-7,11H,(H,15,16)(H,17,18)/t11-/m0/s1. The number of hydrogen-bond acceptors (Lipinski definition) is 3. The van der Waals surface area contributed by atoms with Gasteiger partial charge in [-0.25, -0.2) is 4.79 Å². The number of rotatable bonds is 4. The van der Waals surface area contributed by atoms with Gasteiger partial charge in [0, 0.05) is 6.07 Å². The summed E-state index contributed by atoms with van der Waals surface area (Å²) in [5.41, 5.74) is 0.764. The molecule has 1 heterocycles. The summed E-state index contributed by atoms with van der Waals surface area (Å²) in [7, 11) is 0. The van der Waals surface area contributed by atoms with Gasteiger partial charge in [0.15, 0.2) is 10.7 Å². The SMILES string of the molecule is O=C(N[C@H](C(=O)O)c1ccccc1)c1coc(Br)c1. The van der Waals surface area contributed by atoms with Gasteiger partial charge in [-0.1, -0.05) is 30.3 Å². The Labute approximate surface area is 117 Å². The Kier molecular flexibility index (Phi) is 4.01. The van der Waals surface area contributed by atoms with Crippen molar-refractivity contribution < 1.29 is 19.1 Å². The maximum absolute atomic E-state index is 11.9. The highest BCUT2D eigenvalue weighted by atomic mass is 79.9. The molecule has 5 nitrogen and oxygen atoms in total. The second kappa shape index (κ2) is 5.71. The lowest BCUT2D eigenvalue weighted by Gasteiger charge is -2.14. The summed E-state index contributed by atoms with van der Waals surface area (Å²) < 4.78 is 5.35. The smallest absolute Gasteiger partial charge is 0.330 e. The topological polar surface area (TPSA) is 79.5 Å². The fourth-order valence-corrected chi connectivity index (χ4v) is 1.92. The molecule has 0 saturated carbocycles. The number of furan rings is 1. The molecular formula is C13H10BrNO4.